The number of anilines is 5. The molecule has 7 aromatic rings. The van der Waals surface area contributed by atoms with Gasteiger partial charge in [0.25, 0.3) is 17.7 Å². The monoisotopic (exact) mass is 818 g/mol. The van der Waals surface area contributed by atoms with Crippen LogP contribution in [0.1, 0.15) is 50.8 Å². The summed E-state index contributed by atoms with van der Waals surface area (Å²) in [5.74, 6) is -1.86. The first-order chi connectivity index (χ1) is 30.2. The van der Waals surface area contributed by atoms with E-state index in [9.17, 15) is 29.4 Å². The second-order valence-corrected chi connectivity index (χ2v) is 16.1. The molecule has 10 rings (SSSR count). The number of carbonyl (C=O) groups excluding carboxylic acids is 4. The summed E-state index contributed by atoms with van der Waals surface area (Å²) in [6, 6.07) is 45.4. The van der Waals surface area contributed by atoms with Gasteiger partial charge >= 0.3 is 0 Å². The highest BCUT2D eigenvalue weighted by molar-refractivity contribution is 6.29. The third-order valence-corrected chi connectivity index (χ3v) is 12.5. The summed E-state index contributed by atoms with van der Waals surface area (Å²) in [5.41, 5.74) is 4.45. The van der Waals surface area contributed by atoms with Crippen LogP contribution >= 0.6 is 0 Å². The summed E-state index contributed by atoms with van der Waals surface area (Å²) in [6.45, 7) is 2.17. The second kappa shape index (κ2) is 15.3. The largest absolute Gasteiger partial charge is 0.395 e. The quantitative estimate of drug-likeness (QED) is 0.119. The van der Waals surface area contributed by atoms with E-state index in [0.29, 0.717) is 40.3 Å². The number of benzene rings is 7. The highest BCUT2D eigenvalue weighted by atomic mass is 16.3. The predicted octanol–water partition coefficient (Wildman–Crippen LogP) is 8.91. The van der Waals surface area contributed by atoms with E-state index in [-0.39, 0.29) is 43.8 Å². The van der Waals surface area contributed by atoms with Gasteiger partial charge < -0.3 is 20.0 Å². The van der Waals surface area contributed by atoms with E-state index in [1.807, 2.05) is 127 Å². The van der Waals surface area contributed by atoms with Crippen molar-refractivity contribution in [2.24, 2.45) is 5.92 Å². The molecule has 0 aliphatic carbocycles. The van der Waals surface area contributed by atoms with Gasteiger partial charge in [-0.05, 0) is 76.5 Å². The zero-order valence-electron chi connectivity index (χ0n) is 33.9. The van der Waals surface area contributed by atoms with Crippen LogP contribution in [0.3, 0.4) is 0 Å². The molecule has 0 saturated carbocycles. The Hall–Kier alpha value is -7.40. The van der Waals surface area contributed by atoms with Gasteiger partial charge in [0.1, 0.15) is 0 Å². The lowest BCUT2D eigenvalue weighted by Crippen LogP contribution is -2.44. The van der Waals surface area contributed by atoms with Crippen molar-refractivity contribution in [2.75, 3.05) is 27.9 Å². The van der Waals surface area contributed by atoms with E-state index < -0.39 is 17.4 Å². The molecule has 10 nitrogen and oxygen atoms in total. The molecular weight excluding hydrogens is 777 g/mol. The number of fused-ring (bicyclic) bond motifs is 1. The Labute approximate surface area is 358 Å². The molecule has 4 amide bonds. The molecule has 0 fully saturated rings. The molecule has 2 N–H and O–H groups in total. The zero-order valence-corrected chi connectivity index (χ0v) is 33.9. The summed E-state index contributed by atoms with van der Waals surface area (Å²) in [5, 5.41) is 26.2. The lowest BCUT2D eigenvalue weighted by Gasteiger charge is -2.28. The van der Waals surface area contributed by atoms with Gasteiger partial charge in [0.2, 0.25) is 5.91 Å². The highest BCUT2D eigenvalue weighted by Crippen LogP contribution is 2.50. The molecule has 3 heterocycles. The van der Waals surface area contributed by atoms with Gasteiger partial charge in [0, 0.05) is 53.1 Å². The molecule has 0 radical (unpaired) electrons. The fourth-order valence-electron chi connectivity index (χ4n) is 9.37. The summed E-state index contributed by atoms with van der Waals surface area (Å²) in [7, 11) is 0. The first kappa shape index (κ1) is 38.8. The van der Waals surface area contributed by atoms with Crippen molar-refractivity contribution >= 4 is 73.6 Å². The molecular formula is C52H42N4O6. The lowest BCUT2D eigenvalue weighted by molar-refractivity contribution is -0.139. The number of amides is 4. The van der Waals surface area contributed by atoms with Gasteiger partial charge in [-0.25, -0.2) is 0 Å². The van der Waals surface area contributed by atoms with E-state index in [2.05, 4.69) is 0 Å². The maximum Gasteiger partial charge on any atom is 0.264 e. The minimum absolute atomic E-state index is 0.00590. The van der Waals surface area contributed by atoms with Crippen LogP contribution in [0.25, 0.3) is 21.5 Å². The summed E-state index contributed by atoms with van der Waals surface area (Å²) >= 11 is 0. The van der Waals surface area contributed by atoms with Crippen LogP contribution in [-0.2, 0) is 28.3 Å². The summed E-state index contributed by atoms with van der Waals surface area (Å²) in [4.78, 5) is 62.4. The van der Waals surface area contributed by atoms with Crippen molar-refractivity contribution in [3.8, 4) is 0 Å². The number of hydrogen-bond acceptors (Lipinski definition) is 6. The van der Waals surface area contributed by atoms with E-state index >= 15 is 0 Å². The summed E-state index contributed by atoms with van der Waals surface area (Å²) < 4.78 is 0. The van der Waals surface area contributed by atoms with Crippen LogP contribution in [-0.4, -0.2) is 51.9 Å². The molecule has 0 unspecified atom stereocenters. The minimum Gasteiger partial charge on any atom is -0.395 e. The van der Waals surface area contributed by atoms with Crippen LogP contribution in [0.2, 0.25) is 0 Å². The van der Waals surface area contributed by atoms with Gasteiger partial charge in [-0.2, -0.15) is 0 Å². The Morgan fingerprint density at radius 3 is 1.87 bits per heavy atom. The molecule has 0 bridgehead atoms. The van der Waals surface area contributed by atoms with E-state index in [1.54, 1.807) is 56.9 Å². The predicted molar refractivity (Wildman–Crippen MR) is 241 cm³/mol. The number of carbonyl (C=O) groups is 4. The molecule has 0 saturated heterocycles. The number of rotatable bonds is 12. The van der Waals surface area contributed by atoms with Crippen molar-refractivity contribution in [2.45, 2.75) is 32.0 Å². The molecule has 7 aromatic carbocycles. The van der Waals surface area contributed by atoms with Gasteiger partial charge in [0.05, 0.1) is 41.3 Å². The molecule has 10 heteroatoms. The zero-order chi connectivity index (χ0) is 42.7. The topological polar surface area (TPSA) is 122 Å². The third kappa shape index (κ3) is 6.17. The SMILES string of the molecule is C[C@@H](/C=C/CC(=O)N(CCO)Cc1ccccc1)[C@]1(O)C(=O)N(Cc2ccc(N3C(=O)c4cccc5cccc3c45)cc2)c2ccc(N3C(=O)c4cccc5cccc3c45)cc21. The average Bonchev–Trinajstić information content (AvgIpc) is 3.84. The average molecular weight is 819 g/mol. The molecule has 62 heavy (non-hydrogen) atoms. The maximum absolute atomic E-state index is 14.8. The molecule has 3 aliphatic rings. The van der Waals surface area contributed by atoms with E-state index in [4.69, 9.17) is 0 Å². The lowest BCUT2D eigenvalue weighted by atomic mass is 9.82. The third-order valence-electron chi connectivity index (χ3n) is 12.5. The van der Waals surface area contributed by atoms with Crippen molar-refractivity contribution in [1.82, 2.24) is 4.90 Å². The van der Waals surface area contributed by atoms with Crippen LogP contribution < -0.4 is 14.7 Å². The highest BCUT2D eigenvalue weighted by Gasteiger charge is 2.53. The van der Waals surface area contributed by atoms with Crippen LogP contribution in [0.5, 0.6) is 0 Å². The fourth-order valence-corrected chi connectivity index (χ4v) is 9.37. The molecule has 0 aromatic heterocycles. The van der Waals surface area contributed by atoms with Crippen molar-refractivity contribution in [1.29, 1.82) is 0 Å². The Morgan fingerprint density at radius 2 is 1.26 bits per heavy atom. The molecule has 2 atom stereocenters. The number of aliphatic hydroxyl groups excluding tert-OH is 1. The van der Waals surface area contributed by atoms with Gasteiger partial charge in [0.15, 0.2) is 5.60 Å². The Bertz CT molecular complexity index is 2990. The van der Waals surface area contributed by atoms with E-state index in [1.165, 1.54) is 0 Å². The normalized spacial score (nSPS) is 17.0. The minimum atomic E-state index is -2.06. The first-order valence-corrected chi connectivity index (χ1v) is 20.8. The second-order valence-electron chi connectivity index (χ2n) is 16.1. The van der Waals surface area contributed by atoms with Crippen LogP contribution in [0.15, 0.2) is 158 Å². The Balaban J connectivity index is 0.967. The summed E-state index contributed by atoms with van der Waals surface area (Å²) in [6.07, 6.45) is 3.35. The number of hydrogen-bond donors (Lipinski definition) is 2. The molecule has 0 spiro atoms. The molecule has 3 aliphatic heterocycles. The van der Waals surface area contributed by atoms with Crippen LogP contribution in [0, 0.1) is 5.92 Å². The van der Waals surface area contributed by atoms with Gasteiger partial charge in [-0.3, -0.25) is 29.0 Å². The van der Waals surface area contributed by atoms with Crippen molar-refractivity contribution in [3.63, 3.8) is 0 Å². The fraction of sp³-hybridized carbons (Fsp3) is 0.154. The number of aliphatic hydroxyl groups is 2. The van der Waals surface area contributed by atoms with Gasteiger partial charge in [-0.1, -0.05) is 110 Å². The van der Waals surface area contributed by atoms with Crippen molar-refractivity contribution in [3.05, 3.63) is 186 Å². The van der Waals surface area contributed by atoms with Gasteiger partial charge in [-0.15, -0.1) is 0 Å². The smallest absolute Gasteiger partial charge is 0.264 e. The molecule has 306 valence electrons. The Morgan fingerprint density at radius 1 is 0.677 bits per heavy atom. The van der Waals surface area contributed by atoms with Crippen molar-refractivity contribution < 1.29 is 29.4 Å². The number of nitrogens with zero attached hydrogens (tertiary/aromatic N) is 4. The Kier molecular flexibility index (Phi) is 9.54. The van der Waals surface area contributed by atoms with E-state index in [0.717, 1.165) is 44.0 Å². The first-order valence-electron chi connectivity index (χ1n) is 20.8. The van der Waals surface area contributed by atoms with Crippen LogP contribution in [0.4, 0.5) is 28.4 Å². The maximum atomic E-state index is 14.8. The standard InChI is InChI=1S/C52H42N4O6/c1-33(10-5-21-46(58)53(28-29-57)31-34-11-3-2-4-12-34)52(62)42-30-39(56-45-20-9-16-37-14-7-18-41(48(37)45)50(56)60)26-27-43(42)54(51(52)61)32-35-22-24-38(25-23-35)55-44-19-8-15-36-13-6-17-40(47(36)44)49(55)59/h2-20,22-27,30,33,57,62H,21,28-29,31-32H2,1H3/b10-5+/t33-,52+/m0/s1.